The average molecular weight is 290 g/mol. The van der Waals surface area contributed by atoms with Gasteiger partial charge in [-0.1, -0.05) is 19.0 Å². The van der Waals surface area contributed by atoms with Gasteiger partial charge in [0.25, 0.3) is 0 Å². The molecule has 0 spiro atoms. The first-order valence-electron chi connectivity index (χ1n) is 7.19. The second-order valence-corrected chi connectivity index (χ2v) is 6.30. The number of aryl methyl sites for hydroxylation is 1. The third kappa shape index (κ3) is 2.77. The van der Waals surface area contributed by atoms with Crippen molar-refractivity contribution >= 4 is 11.7 Å². The number of aromatic nitrogens is 1. The van der Waals surface area contributed by atoms with Gasteiger partial charge in [0.15, 0.2) is 0 Å². The number of oxime groups is 1. The standard InChI is InChI=1S/C16H22N2O3/c1-6-21-15(19)13-9(2)14-11(17-10(13)3)7-16(4,5)8-12(14)18-20/h20H,6-8H2,1-5H3/b18-12-. The lowest BCUT2D eigenvalue weighted by Crippen LogP contribution is -2.30. The van der Waals surface area contributed by atoms with E-state index in [-0.39, 0.29) is 11.4 Å². The lowest BCUT2D eigenvalue weighted by Gasteiger charge is -2.32. The molecule has 1 heterocycles. The van der Waals surface area contributed by atoms with Gasteiger partial charge in [-0.2, -0.15) is 0 Å². The molecule has 5 nitrogen and oxygen atoms in total. The van der Waals surface area contributed by atoms with Crippen molar-refractivity contribution in [3.63, 3.8) is 0 Å². The minimum Gasteiger partial charge on any atom is -0.462 e. The van der Waals surface area contributed by atoms with Crippen molar-refractivity contribution in [3.05, 3.63) is 28.1 Å². The summed E-state index contributed by atoms with van der Waals surface area (Å²) in [4.78, 5) is 16.7. The highest BCUT2D eigenvalue weighted by Crippen LogP contribution is 2.37. The van der Waals surface area contributed by atoms with Crippen LogP contribution in [0.25, 0.3) is 0 Å². The molecule has 0 fully saturated rings. The van der Waals surface area contributed by atoms with Gasteiger partial charge in [-0.15, -0.1) is 0 Å². The van der Waals surface area contributed by atoms with Gasteiger partial charge >= 0.3 is 5.97 Å². The Morgan fingerprint density at radius 1 is 1.38 bits per heavy atom. The van der Waals surface area contributed by atoms with Crippen molar-refractivity contribution in [2.75, 3.05) is 6.61 Å². The van der Waals surface area contributed by atoms with Crippen LogP contribution in [0.1, 0.15) is 60.1 Å². The molecule has 0 radical (unpaired) electrons. The van der Waals surface area contributed by atoms with Crippen molar-refractivity contribution in [2.45, 2.75) is 47.5 Å². The number of carbonyl (C=O) groups excluding carboxylic acids is 1. The molecule has 0 saturated carbocycles. The smallest absolute Gasteiger partial charge is 0.340 e. The Bertz CT molecular complexity index is 618. The van der Waals surface area contributed by atoms with Gasteiger partial charge in [-0.3, -0.25) is 4.98 Å². The Labute approximate surface area is 125 Å². The number of carbonyl (C=O) groups is 1. The second-order valence-electron chi connectivity index (χ2n) is 6.30. The molecule has 0 unspecified atom stereocenters. The lowest BCUT2D eigenvalue weighted by molar-refractivity contribution is 0.0524. The molecule has 0 aliphatic heterocycles. The quantitative estimate of drug-likeness (QED) is 0.516. The number of fused-ring (bicyclic) bond motifs is 1. The van der Waals surface area contributed by atoms with Crippen LogP contribution in [-0.2, 0) is 11.2 Å². The van der Waals surface area contributed by atoms with Gasteiger partial charge in [0.2, 0.25) is 0 Å². The van der Waals surface area contributed by atoms with Crippen LogP contribution in [0.3, 0.4) is 0 Å². The molecular formula is C16H22N2O3. The zero-order valence-corrected chi connectivity index (χ0v) is 13.3. The van der Waals surface area contributed by atoms with Crippen molar-refractivity contribution in [1.82, 2.24) is 4.98 Å². The number of nitrogens with zero attached hydrogens (tertiary/aromatic N) is 2. The zero-order valence-electron chi connectivity index (χ0n) is 13.3. The van der Waals surface area contributed by atoms with Gasteiger partial charge < -0.3 is 9.94 Å². The number of hydrogen-bond donors (Lipinski definition) is 1. The van der Waals surface area contributed by atoms with Gasteiger partial charge in [0, 0.05) is 5.56 Å². The third-order valence-corrected chi connectivity index (χ3v) is 3.88. The molecular weight excluding hydrogens is 268 g/mol. The average Bonchev–Trinajstić information content (AvgIpc) is 2.36. The van der Waals surface area contributed by atoms with Crippen LogP contribution in [0.5, 0.6) is 0 Å². The van der Waals surface area contributed by atoms with Crippen LogP contribution in [0, 0.1) is 19.3 Å². The topological polar surface area (TPSA) is 71.8 Å². The molecule has 0 amide bonds. The molecule has 1 aromatic rings. The first-order chi connectivity index (χ1) is 9.80. The van der Waals surface area contributed by atoms with Crippen molar-refractivity contribution < 1.29 is 14.7 Å². The summed E-state index contributed by atoms with van der Waals surface area (Å²) in [5.41, 5.74) is 4.21. The van der Waals surface area contributed by atoms with Crippen LogP contribution in [-0.4, -0.2) is 28.5 Å². The maximum Gasteiger partial charge on any atom is 0.340 e. The first kappa shape index (κ1) is 15.5. The highest BCUT2D eigenvalue weighted by molar-refractivity contribution is 6.06. The molecule has 1 aliphatic rings. The summed E-state index contributed by atoms with van der Waals surface area (Å²) in [6.07, 6.45) is 1.45. The number of hydrogen-bond acceptors (Lipinski definition) is 5. The molecule has 0 atom stereocenters. The molecule has 1 aliphatic carbocycles. The summed E-state index contributed by atoms with van der Waals surface area (Å²) in [6, 6.07) is 0. The maximum absolute atomic E-state index is 12.1. The van der Waals surface area contributed by atoms with E-state index < -0.39 is 0 Å². The Balaban J connectivity index is 2.65. The van der Waals surface area contributed by atoms with Gasteiger partial charge in [-0.25, -0.2) is 4.79 Å². The SMILES string of the molecule is CCOC(=O)c1c(C)nc2c(c1C)/C(=N\O)CC(C)(C)C2. The van der Waals surface area contributed by atoms with Crippen LogP contribution in [0.4, 0.5) is 0 Å². The van der Waals surface area contributed by atoms with E-state index in [1.54, 1.807) is 6.92 Å². The summed E-state index contributed by atoms with van der Waals surface area (Å²) in [5, 5.41) is 12.8. The third-order valence-electron chi connectivity index (χ3n) is 3.88. The van der Waals surface area contributed by atoms with Crippen LogP contribution >= 0.6 is 0 Å². The van der Waals surface area contributed by atoms with Crippen molar-refractivity contribution in [3.8, 4) is 0 Å². The summed E-state index contributed by atoms with van der Waals surface area (Å²) in [5.74, 6) is -0.370. The molecule has 0 saturated heterocycles. The normalized spacial score (nSPS) is 18.4. The number of rotatable bonds is 2. The van der Waals surface area contributed by atoms with Gasteiger partial charge in [0.1, 0.15) is 0 Å². The Morgan fingerprint density at radius 2 is 2.05 bits per heavy atom. The minimum absolute atomic E-state index is 0.00805. The fourth-order valence-electron chi connectivity index (χ4n) is 3.08. The van der Waals surface area contributed by atoms with Crippen LogP contribution < -0.4 is 0 Å². The fraction of sp³-hybridized carbons (Fsp3) is 0.562. The van der Waals surface area contributed by atoms with Crippen LogP contribution in [0.2, 0.25) is 0 Å². The monoisotopic (exact) mass is 290 g/mol. The predicted octanol–water partition coefficient (Wildman–Crippen LogP) is 3.03. The van der Waals surface area contributed by atoms with Crippen molar-refractivity contribution in [1.29, 1.82) is 0 Å². The van der Waals surface area contributed by atoms with E-state index in [1.165, 1.54) is 0 Å². The van der Waals surface area contributed by atoms with Crippen molar-refractivity contribution in [2.24, 2.45) is 10.6 Å². The Morgan fingerprint density at radius 3 is 2.62 bits per heavy atom. The minimum atomic E-state index is -0.370. The molecule has 1 N–H and O–H groups in total. The lowest BCUT2D eigenvalue weighted by atomic mass is 9.73. The molecule has 0 aromatic carbocycles. The maximum atomic E-state index is 12.1. The summed E-state index contributed by atoms with van der Waals surface area (Å²) in [6.45, 7) is 10.0. The summed E-state index contributed by atoms with van der Waals surface area (Å²) >= 11 is 0. The second kappa shape index (κ2) is 5.47. The van der Waals surface area contributed by atoms with E-state index in [0.717, 1.165) is 23.2 Å². The van der Waals surface area contributed by atoms with Gasteiger partial charge in [0.05, 0.1) is 29.3 Å². The molecule has 0 bridgehead atoms. The van der Waals surface area contributed by atoms with E-state index in [4.69, 9.17) is 4.74 Å². The summed E-state index contributed by atoms with van der Waals surface area (Å²) in [7, 11) is 0. The van der Waals surface area contributed by atoms with Gasteiger partial charge in [-0.05, 0) is 44.6 Å². The molecule has 1 aromatic heterocycles. The van der Waals surface area contributed by atoms with E-state index in [1.807, 2.05) is 13.8 Å². The largest absolute Gasteiger partial charge is 0.462 e. The first-order valence-corrected chi connectivity index (χ1v) is 7.19. The molecule has 21 heavy (non-hydrogen) atoms. The van der Waals surface area contributed by atoms with E-state index in [9.17, 15) is 10.0 Å². The molecule has 114 valence electrons. The number of pyridine rings is 1. The van der Waals surface area contributed by atoms with E-state index in [2.05, 4.69) is 24.0 Å². The molecule has 5 heteroatoms. The highest BCUT2D eigenvalue weighted by atomic mass is 16.5. The molecule has 2 rings (SSSR count). The summed E-state index contributed by atoms with van der Waals surface area (Å²) < 4.78 is 5.11. The zero-order chi connectivity index (χ0) is 15.8. The Kier molecular flexibility index (Phi) is 4.03. The number of esters is 1. The van der Waals surface area contributed by atoms with E-state index in [0.29, 0.717) is 30.0 Å². The predicted molar refractivity (Wildman–Crippen MR) is 80.1 cm³/mol. The Hall–Kier alpha value is -1.91. The van der Waals surface area contributed by atoms with E-state index >= 15 is 0 Å². The fourth-order valence-corrected chi connectivity index (χ4v) is 3.08. The van der Waals surface area contributed by atoms with Crippen LogP contribution in [0.15, 0.2) is 5.16 Å². The highest BCUT2D eigenvalue weighted by Gasteiger charge is 2.34. The number of ether oxygens (including phenoxy) is 1.